The van der Waals surface area contributed by atoms with Crippen LogP contribution >= 0.6 is 11.8 Å². The molecule has 1 aromatic rings. The van der Waals surface area contributed by atoms with E-state index in [-0.39, 0.29) is 4.75 Å². The number of anilines is 1. The zero-order valence-electron chi connectivity index (χ0n) is 12.3. The average molecular weight is 280 g/mol. The molecule has 0 amide bonds. The minimum atomic E-state index is 0.279. The monoisotopic (exact) mass is 280 g/mol. The van der Waals surface area contributed by atoms with Gasteiger partial charge in [0.15, 0.2) is 0 Å². The van der Waals surface area contributed by atoms with Gasteiger partial charge in [0.05, 0.1) is 17.6 Å². The van der Waals surface area contributed by atoms with Crippen molar-refractivity contribution in [3.05, 3.63) is 17.7 Å². The Kier molecular flexibility index (Phi) is 4.36. The van der Waals surface area contributed by atoms with Gasteiger partial charge in [0.1, 0.15) is 5.82 Å². The summed E-state index contributed by atoms with van der Waals surface area (Å²) < 4.78 is 0.279. The summed E-state index contributed by atoms with van der Waals surface area (Å²) in [5.41, 5.74) is 7.96. The topological polar surface area (TPSA) is 55.0 Å². The molecule has 0 unspecified atom stereocenters. The van der Waals surface area contributed by atoms with Crippen LogP contribution in [0, 0.1) is 0 Å². The summed E-state index contributed by atoms with van der Waals surface area (Å²) in [5.74, 6) is 2.37. The second kappa shape index (κ2) is 5.67. The van der Waals surface area contributed by atoms with Gasteiger partial charge in [0.25, 0.3) is 0 Å². The van der Waals surface area contributed by atoms with E-state index >= 15 is 0 Å². The molecule has 4 nitrogen and oxygen atoms in total. The lowest BCUT2D eigenvalue weighted by atomic mass is 10.1. The van der Waals surface area contributed by atoms with E-state index in [4.69, 9.17) is 5.73 Å². The quantitative estimate of drug-likeness (QED) is 0.921. The predicted molar refractivity (Wildman–Crippen MR) is 82.8 cm³/mol. The summed E-state index contributed by atoms with van der Waals surface area (Å²) in [5, 5.41) is 0. The largest absolute Gasteiger partial charge is 0.367 e. The van der Waals surface area contributed by atoms with Crippen LogP contribution < -0.4 is 10.6 Å². The van der Waals surface area contributed by atoms with E-state index in [9.17, 15) is 0 Å². The van der Waals surface area contributed by atoms with E-state index in [1.165, 1.54) is 0 Å². The molecule has 1 saturated heterocycles. The van der Waals surface area contributed by atoms with Crippen molar-refractivity contribution >= 4 is 17.4 Å². The molecule has 19 heavy (non-hydrogen) atoms. The highest BCUT2D eigenvalue weighted by molar-refractivity contribution is 8.00. The normalized spacial score (nSPS) is 18.9. The number of hydrogen-bond acceptors (Lipinski definition) is 5. The Labute approximate surface area is 120 Å². The number of hydrogen-bond donors (Lipinski definition) is 1. The zero-order valence-corrected chi connectivity index (χ0v) is 13.1. The fraction of sp³-hybridized carbons (Fsp3) is 0.714. The number of nitrogens with zero attached hydrogens (tertiary/aromatic N) is 3. The molecular formula is C14H24N4S. The molecule has 1 fully saturated rings. The SMILES string of the molecule is CC(C)c1ncc(N2CCSC(C)(C)C2)c(CN)n1. The van der Waals surface area contributed by atoms with Gasteiger partial charge in [-0.2, -0.15) is 11.8 Å². The molecule has 1 aliphatic heterocycles. The van der Waals surface area contributed by atoms with Crippen LogP contribution in [0.2, 0.25) is 0 Å². The molecule has 5 heteroatoms. The molecule has 2 rings (SSSR count). The van der Waals surface area contributed by atoms with Gasteiger partial charge < -0.3 is 10.6 Å². The first-order valence-corrected chi connectivity index (χ1v) is 7.86. The minimum absolute atomic E-state index is 0.279. The first kappa shape index (κ1) is 14.6. The Bertz CT molecular complexity index is 445. The summed E-state index contributed by atoms with van der Waals surface area (Å²) in [6.45, 7) is 11.3. The number of nitrogens with two attached hydrogens (primary N) is 1. The van der Waals surface area contributed by atoms with Crippen LogP contribution in [0.4, 0.5) is 5.69 Å². The van der Waals surface area contributed by atoms with Crippen molar-refractivity contribution in [3.63, 3.8) is 0 Å². The Morgan fingerprint density at radius 1 is 1.47 bits per heavy atom. The van der Waals surface area contributed by atoms with E-state index in [0.29, 0.717) is 12.5 Å². The van der Waals surface area contributed by atoms with Gasteiger partial charge in [-0.25, -0.2) is 9.97 Å². The van der Waals surface area contributed by atoms with Crippen molar-refractivity contribution in [2.24, 2.45) is 5.73 Å². The van der Waals surface area contributed by atoms with Gasteiger partial charge in [0.2, 0.25) is 0 Å². The molecule has 2 heterocycles. The Morgan fingerprint density at radius 2 is 2.21 bits per heavy atom. The second-order valence-corrected chi connectivity index (χ2v) is 7.75. The van der Waals surface area contributed by atoms with Gasteiger partial charge in [-0.3, -0.25) is 0 Å². The van der Waals surface area contributed by atoms with E-state index in [1.54, 1.807) is 0 Å². The molecule has 0 aromatic carbocycles. The summed E-state index contributed by atoms with van der Waals surface area (Å²) in [7, 11) is 0. The Hall–Kier alpha value is -0.810. The van der Waals surface area contributed by atoms with Crippen LogP contribution in [0.1, 0.15) is 45.1 Å². The number of rotatable bonds is 3. The van der Waals surface area contributed by atoms with Gasteiger partial charge in [-0.05, 0) is 13.8 Å². The van der Waals surface area contributed by atoms with Crippen molar-refractivity contribution in [1.29, 1.82) is 0 Å². The van der Waals surface area contributed by atoms with Crippen molar-refractivity contribution in [3.8, 4) is 0 Å². The lowest BCUT2D eigenvalue weighted by molar-refractivity contribution is 0.640. The fourth-order valence-corrected chi connectivity index (χ4v) is 3.45. The van der Waals surface area contributed by atoms with E-state index in [2.05, 4.69) is 42.6 Å². The Balaban J connectivity index is 2.29. The standard InChI is InChI=1S/C14H24N4S/c1-10(2)13-16-8-12(11(7-15)17-13)18-5-6-19-14(3,4)9-18/h8,10H,5-7,9,15H2,1-4H3. The molecule has 0 radical (unpaired) electrons. The summed E-state index contributed by atoms with van der Waals surface area (Å²) in [4.78, 5) is 11.5. The van der Waals surface area contributed by atoms with E-state index < -0.39 is 0 Å². The predicted octanol–water partition coefficient (Wildman–Crippen LogP) is 2.39. The second-order valence-electron chi connectivity index (χ2n) is 5.95. The zero-order chi connectivity index (χ0) is 14.0. The first-order valence-electron chi connectivity index (χ1n) is 6.88. The summed E-state index contributed by atoms with van der Waals surface area (Å²) in [6.07, 6.45) is 1.95. The molecule has 0 atom stereocenters. The number of aromatic nitrogens is 2. The molecule has 1 aromatic heterocycles. The smallest absolute Gasteiger partial charge is 0.131 e. The maximum atomic E-state index is 5.87. The molecule has 0 bridgehead atoms. The minimum Gasteiger partial charge on any atom is -0.367 e. The fourth-order valence-electron chi connectivity index (χ4n) is 2.34. The van der Waals surface area contributed by atoms with Crippen LogP contribution in [0.15, 0.2) is 6.20 Å². The highest BCUT2D eigenvalue weighted by Crippen LogP contribution is 2.33. The highest BCUT2D eigenvalue weighted by atomic mass is 32.2. The van der Waals surface area contributed by atoms with Crippen molar-refractivity contribution in [2.45, 2.75) is 44.9 Å². The maximum Gasteiger partial charge on any atom is 0.131 e. The average Bonchev–Trinajstić information content (AvgIpc) is 2.36. The van der Waals surface area contributed by atoms with Crippen molar-refractivity contribution < 1.29 is 0 Å². The lowest BCUT2D eigenvalue weighted by Gasteiger charge is -2.39. The molecule has 2 N–H and O–H groups in total. The van der Waals surface area contributed by atoms with E-state index in [0.717, 1.165) is 36.0 Å². The van der Waals surface area contributed by atoms with Crippen LogP contribution in [-0.4, -0.2) is 33.6 Å². The van der Waals surface area contributed by atoms with Crippen LogP contribution in [0.3, 0.4) is 0 Å². The van der Waals surface area contributed by atoms with Crippen LogP contribution in [-0.2, 0) is 6.54 Å². The maximum absolute atomic E-state index is 5.87. The Morgan fingerprint density at radius 3 is 2.79 bits per heavy atom. The first-order chi connectivity index (χ1) is 8.93. The molecule has 0 spiro atoms. The van der Waals surface area contributed by atoms with Crippen LogP contribution in [0.25, 0.3) is 0 Å². The third-order valence-corrected chi connectivity index (χ3v) is 4.64. The lowest BCUT2D eigenvalue weighted by Crippen LogP contribution is -2.43. The summed E-state index contributed by atoms with van der Waals surface area (Å²) >= 11 is 2.03. The third kappa shape index (κ3) is 3.39. The van der Waals surface area contributed by atoms with Crippen molar-refractivity contribution in [2.75, 3.05) is 23.7 Å². The van der Waals surface area contributed by atoms with E-state index in [1.807, 2.05) is 18.0 Å². The molecular weight excluding hydrogens is 256 g/mol. The van der Waals surface area contributed by atoms with Gasteiger partial charge in [0, 0.05) is 36.1 Å². The molecule has 106 valence electrons. The highest BCUT2D eigenvalue weighted by Gasteiger charge is 2.28. The molecule has 0 saturated carbocycles. The van der Waals surface area contributed by atoms with Gasteiger partial charge in [-0.1, -0.05) is 13.8 Å². The van der Waals surface area contributed by atoms with Crippen LogP contribution in [0.5, 0.6) is 0 Å². The van der Waals surface area contributed by atoms with Gasteiger partial charge >= 0.3 is 0 Å². The molecule has 0 aliphatic carbocycles. The molecule has 1 aliphatic rings. The summed E-state index contributed by atoms with van der Waals surface area (Å²) in [6, 6.07) is 0. The van der Waals surface area contributed by atoms with Crippen molar-refractivity contribution in [1.82, 2.24) is 9.97 Å². The third-order valence-electron chi connectivity index (χ3n) is 3.34. The van der Waals surface area contributed by atoms with Gasteiger partial charge in [-0.15, -0.1) is 0 Å². The number of thioether (sulfide) groups is 1.